The number of rotatable bonds is 5. The molecule has 0 unspecified atom stereocenters. The van der Waals surface area contributed by atoms with Crippen LogP contribution < -0.4 is 5.32 Å². The van der Waals surface area contributed by atoms with E-state index in [9.17, 15) is 0 Å². The molecule has 0 fully saturated rings. The highest BCUT2D eigenvalue weighted by Gasteiger charge is 2.01. The molecule has 0 radical (unpaired) electrons. The lowest BCUT2D eigenvalue weighted by Gasteiger charge is -2.05. The van der Waals surface area contributed by atoms with Gasteiger partial charge >= 0.3 is 0 Å². The Hall–Kier alpha value is -2.07. The zero-order valence-electron chi connectivity index (χ0n) is 11.1. The predicted molar refractivity (Wildman–Crippen MR) is 76.9 cm³/mol. The van der Waals surface area contributed by atoms with Gasteiger partial charge in [0.05, 0.1) is 5.69 Å². The Labute approximate surface area is 112 Å². The van der Waals surface area contributed by atoms with Gasteiger partial charge in [-0.05, 0) is 23.8 Å². The maximum Gasteiger partial charge on any atom is 0.0637 e. The highest BCUT2D eigenvalue weighted by atomic mass is 15.2. The van der Waals surface area contributed by atoms with Gasteiger partial charge in [-0.3, -0.25) is 4.68 Å². The summed E-state index contributed by atoms with van der Waals surface area (Å²) in [6.45, 7) is 1.83. The molecule has 0 aliphatic rings. The third-order valence-corrected chi connectivity index (χ3v) is 3.33. The van der Waals surface area contributed by atoms with Crippen molar-refractivity contribution in [2.45, 2.75) is 13.0 Å². The first-order valence-corrected chi connectivity index (χ1v) is 6.57. The quantitative estimate of drug-likeness (QED) is 0.686. The minimum atomic E-state index is 0.891. The van der Waals surface area contributed by atoms with Gasteiger partial charge in [-0.1, -0.05) is 12.1 Å². The second-order valence-corrected chi connectivity index (χ2v) is 4.76. The Kier molecular flexibility index (Phi) is 3.33. The highest BCUT2D eigenvalue weighted by molar-refractivity contribution is 5.82. The lowest BCUT2D eigenvalue weighted by Crippen LogP contribution is -2.17. The minimum absolute atomic E-state index is 0.891. The molecule has 2 heterocycles. The van der Waals surface area contributed by atoms with Crippen LogP contribution in [0, 0.1) is 0 Å². The first-order chi connectivity index (χ1) is 9.33. The number of H-pyrrole nitrogens is 1. The van der Waals surface area contributed by atoms with E-state index >= 15 is 0 Å². The van der Waals surface area contributed by atoms with Crippen molar-refractivity contribution >= 4 is 10.9 Å². The Morgan fingerprint density at radius 1 is 1.26 bits per heavy atom. The molecule has 0 saturated heterocycles. The van der Waals surface area contributed by atoms with Crippen LogP contribution in [-0.4, -0.2) is 21.3 Å². The van der Waals surface area contributed by atoms with Gasteiger partial charge in [-0.15, -0.1) is 0 Å². The monoisotopic (exact) mass is 254 g/mol. The molecule has 0 aliphatic heterocycles. The number of aromatic nitrogens is 3. The van der Waals surface area contributed by atoms with Crippen molar-refractivity contribution < 1.29 is 0 Å². The van der Waals surface area contributed by atoms with Crippen molar-refractivity contribution in [2.24, 2.45) is 7.05 Å². The molecule has 2 N–H and O–H groups in total. The smallest absolute Gasteiger partial charge is 0.0637 e. The Balaban J connectivity index is 1.56. The second-order valence-electron chi connectivity index (χ2n) is 4.76. The van der Waals surface area contributed by atoms with Gasteiger partial charge < -0.3 is 10.3 Å². The molecule has 3 aromatic rings. The fourth-order valence-corrected chi connectivity index (χ4v) is 2.34. The van der Waals surface area contributed by atoms with Crippen molar-refractivity contribution in [3.8, 4) is 0 Å². The molecule has 98 valence electrons. The van der Waals surface area contributed by atoms with E-state index in [0.29, 0.717) is 0 Å². The highest BCUT2D eigenvalue weighted by Crippen LogP contribution is 2.16. The van der Waals surface area contributed by atoms with Crippen LogP contribution in [0.25, 0.3) is 10.9 Å². The van der Waals surface area contributed by atoms with Crippen LogP contribution in [0.3, 0.4) is 0 Å². The molecule has 0 saturated carbocycles. The molecular weight excluding hydrogens is 236 g/mol. The van der Waals surface area contributed by atoms with Crippen LogP contribution in [0.15, 0.2) is 42.7 Å². The van der Waals surface area contributed by atoms with E-state index in [-0.39, 0.29) is 0 Å². The number of nitrogens with one attached hydrogen (secondary N) is 2. The maximum absolute atomic E-state index is 4.37. The summed E-state index contributed by atoms with van der Waals surface area (Å²) in [5, 5.41) is 9.15. The molecule has 0 spiro atoms. The summed E-state index contributed by atoms with van der Waals surface area (Å²) >= 11 is 0. The Morgan fingerprint density at radius 3 is 3.05 bits per heavy atom. The van der Waals surface area contributed by atoms with Crippen molar-refractivity contribution in [2.75, 3.05) is 6.54 Å². The number of hydrogen-bond donors (Lipinski definition) is 2. The maximum atomic E-state index is 4.37. The standard InChI is InChI=1S/C15H18N4/c1-19-10-7-13(18-19)5-8-16-11-12-3-2-4-15-14(12)6-9-17-15/h2-4,6-7,9-10,16-17H,5,8,11H2,1H3. The van der Waals surface area contributed by atoms with E-state index in [0.717, 1.165) is 25.2 Å². The fraction of sp³-hybridized carbons (Fsp3) is 0.267. The van der Waals surface area contributed by atoms with E-state index in [1.807, 2.05) is 24.1 Å². The molecule has 0 atom stereocenters. The van der Waals surface area contributed by atoms with E-state index in [2.05, 4.69) is 45.7 Å². The summed E-state index contributed by atoms with van der Waals surface area (Å²) in [4.78, 5) is 3.24. The molecule has 0 amide bonds. The van der Waals surface area contributed by atoms with Crippen LogP contribution in [0.2, 0.25) is 0 Å². The molecule has 0 bridgehead atoms. The molecule has 19 heavy (non-hydrogen) atoms. The van der Waals surface area contributed by atoms with Crippen molar-refractivity contribution in [1.29, 1.82) is 0 Å². The van der Waals surface area contributed by atoms with E-state index < -0.39 is 0 Å². The molecule has 3 rings (SSSR count). The lowest BCUT2D eigenvalue weighted by atomic mass is 10.1. The van der Waals surface area contributed by atoms with Gasteiger partial charge in [-0.2, -0.15) is 5.10 Å². The van der Waals surface area contributed by atoms with Crippen LogP contribution in [0.4, 0.5) is 0 Å². The Morgan fingerprint density at radius 2 is 2.21 bits per heavy atom. The van der Waals surface area contributed by atoms with Crippen LogP contribution in [0.1, 0.15) is 11.3 Å². The molecule has 2 aromatic heterocycles. The van der Waals surface area contributed by atoms with Crippen molar-refractivity contribution in [1.82, 2.24) is 20.1 Å². The number of hydrogen-bond acceptors (Lipinski definition) is 2. The zero-order valence-corrected chi connectivity index (χ0v) is 11.1. The Bertz CT molecular complexity index is 665. The average Bonchev–Trinajstić information content (AvgIpc) is 3.03. The molecular formula is C15H18N4. The van der Waals surface area contributed by atoms with Gasteiger partial charge in [0.25, 0.3) is 0 Å². The van der Waals surface area contributed by atoms with Gasteiger partial charge in [0.1, 0.15) is 0 Å². The topological polar surface area (TPSA) is 45.6 Å². The van der Waals surface area contributed by atoms with E-state index in [1.54, 1.807) is 0 Å². The predicted octanol–water partition coefficient (Wildman–Crippen LogP) is 2.23. The lowest BCUT2D eigenvalue weighted by molar-refractivity contribution is 0.667. The SMILES string of the molecule is Cn1ccc(CCNCc2cccc3[nH]ccc23)n1. The normalized spacial score (nSPS) is 11.2. The van der Waals surface area contributed by atoms with Gasteiger partial charge in [0.15, 0.2) is 0 Å². The summed E-state index contributed by atoms with van der Waals surface area (Å²) in [5.74, 6) is 0. The average molecular weight is 254 g/mol. The van der Waals surface area contributed by atoms with Crippen LogP contribution in [0.5, 0.6) is 0 Å². The summed E-state index contributed by atoms with van der Waals surface area (Å²) in [6, 6.07) is 10.6. The minimum Gasteiger partial charge on any atom is -0.361 e. The van der Waals surface area contributed by atoms with E-state index in [4.69, 9.17) is 0 Å². The molecule has 4 nitrogen and oxygen atoms in total. The molecule has 0 aliphatic carbocycles. The number of aryl methyl sites for hydroxylation is 1. The van der Waals surface area contributed by atoms with Crippen molar-refractivity contribution in [3.63, 3.8) is 0 Å². The number of aromatic amines is 1. The van der Waals surface area contributed by atoms with Gasteiger partial charge in [0, 0.05) is 49.9 Å². The summed E-state index contributed by atoms with van der Waals surface area (Å²) in [7, 11) is 1.95. The van der Waals surface area contributed by atoms with Crippen molar-refractivity contribution in [3.05, 3.63) is 54.0 Å². The number of nitrogens with zero attached hydrogens (tertiary/aromatic N) is 2. The first-order valence-electron chi connectivity index (χ1n) is 6.57. The molecule has 1 aromatic carbocycles. The fourth-order valence-electron chi connectivity index (χ4n) is 2.34. The number of benzene rings is 1. The summed E-state index contributed by atoms with van der Waals surface area (Å²) < 4.78 is 1.84. The zero-order chi connectivity index (χ0) is 13.1. The summed E-state index contributed by atoms with van der Waals surface area (Å²) in [5.41, 5.74) is 3.67. The third-order valence-electron chi connectivity index (χ3n) is 3.33. The van der Waals surface area contributed by atoms with Crippen LogP contribution in [-0.2, 0) is 20.0 Å². The summed E-state index contributed by atoms with van der Waals surface area (Å²) in [6.07, 6.45) is 4.93. The van der Waals surface area contributed by atoms with Gasteiger partial charge in [-0.25, -0.2) is 0 Å². The molecule has 4 heteroatoms. The van der Waals surface area contributed by atoms with Gasteiger partial charge in [0.2, 0.25) is 0 Å². The third kappa shape index (κ3) is 2.69. The van der Waals surface area contributed by atoms with Crippen LogP contribution >= 0.6 is 0 Å². The largest absolute Gasteiger partial charge is 0.361 e. The first kappa shape index (κ1) is 12.0. The van der Waals surface area contributed by atoms with E-state index in [1.165, 1.54) is 16.5 Å². The number of fused-ring (bicyclic) bond motifs is 1. The second kappa shape index (κ2) is 5.28.